The topological polar surface area (TPSA) is 110 Å². The highest BCUT2D eigenvalue weighted by Gasteiger charge is 2.35. The first-order chi connectivity index (χ1) is 16.8. The van der Waals surface area contributed by atoms with Gasteiger partial charge in [0, 0.05) is 24.2 Å². The number of benzene rings is 1. The number of carboxylic acids is 1. The van der Waals surface area contributed by atoms with Crippen LogP contribution in [0.15, 0.2) is 28.9 Å². The first-order valence-electron chi connectivity index (χ1n) is 11.8. The number of carbonyl (C=O) groups is 2. The van der Waals surface area contributed by atoms with Gasteiger partial charge in [-0.3, -0.25) is 0 Å². The molecule has 0 spiro atoms. The zero-order valence-electron chi connectivity index (χ0n) is 21.6. The third-order valence-electron chi connectivity index (χ3n) is 6.05. The number of aromatic nitrogens is 1. The molecule has 0 bridgehead atoms. The second kappa shape index (κ2) is 10.9. The van der Waals surface area contributed by atoms with Gasteiger partial charge in [0.15, 0.2) is 11.4 Å². The number of carboxylic acid groups (broad SMARTS) is 1. The molecule has 0 unspecified atom stereocenters. The minimum atomic E-state index is -1.12. The molecule has 36 heavy (non-hydrogen) atoms. The van der Waals surface area contributed by atoms with E-state index in [4.69, 9.17) is 14.2 Å². The van der Waals surface area contributed by atoms with Crippen LogP contribution in [-0.2, 0) is 11.3 Å². The molecular weight excluding hydrogens is 530 g/mol. The van der Waals surface area contributed by atoms with Crippen LogP contribution in [0.25, 0.3) is 0 Å². The smallest absolute Gasteiger partial charge is 0.408 e. The Morgan fingerprint density at radius 3 is 2.33 bits per heavy atom. The SMILES string of the molecule is COc1ccc(COc2c(Br)nc(C(=O)O)c(N3CCC(C)(NC(=O)OC(C)(C)C)CC3)c2C)cc1. The van der Waals surface area contributed by atoms with Crippen molar-refractivity contribution in [2.24, 2.45) is 0 Å². The van der Waals surface area contributed by atoms with Crippen LogP contribution in [0.1, 0.15) is 62.2 Å². The maximum Gasteiger partial charge on any atom is 0.408 e. The number of amides is 1. The second-order valence-electron chi connectivity index (χ2n) is 10.2. The van der Waals surface area contributed by atoms with Crippen LogP contribution in [0.3, 0.4) is 0 Å². The molecule has 1 fully saturated rings. The molecule has 0 atom stereocenters. The van der Waals surface area contributed by atoms with Crippen molar-refractivity contribution in [2.45, 2.75) is 65.2 Å². The quantitative estimate of drug-likeness (QED) is 0.435. The molecule has 2 N–H and O–H groups in total. The van der Waals surface area contributed by atoms with E-state index in [1.807, 2.05) is 63.8 Å². The Kier molecular flexibility index (Phi) is 8.38. The van der Waals surface area contributed by atoms with Crippen LogP contribution in [0.4, 0.5) is 10.5 Å². The highest BCUT2D eigenvalue weighted by molar-refractivity contribution is 9.10. The van der Waals surface area contributed by atoms with Crippen LogP contribution in [-0.4, -0.2) is 53.5 Å². The van der Waals surface area contributed by atoms with E-state index in [0.29, 0.717) is 47.5 Å². The number of nitrogens with one attached hydrogen (secondary N) is 1. The molecule has 1 amide bonds. The van der Waals surface area contributed by atoms with E-state index < -0.39 is 23.2 Å². The summed E-state index contributed by atoms with van der Waals surface area (Å²) in [5, 5.41) is 12.9. The molecule has 1 aliphatic rings. The molecule has 10 heteroatoms. The molecule has 2 aromatic rings. The number of aromatic carboxylic acids is 1. The van der Waals surface area contributed by atoms with Gasteiger partial charge in [-0.25, -0.2) is 14.6 Å². The van der Waals surface area contributed by atoms with Gasteiger partial charge in [0.25, 0.3) is 0 Å². The lowest BCUT2D eigenvalue weighted by atomic mass is 9.89. The Balaban J connectivity index is 1.79. The first kappa shape index (κ1) is 27.6. The van der Waals surface area contributed by atoms with E-state index in [1.165, 1.54) is 0 Å². The van der Waals surface area contributed by atoms with Crippen molar-refractivity contribution in [2.75, 3.05) is 25.1 Å². The summed E-state index contributed by atoms with van der Waals surface area (Å²) in [4.78, 5) is 30.7. The normalized spacial score (nSPS) is 15.2. The van der Waals surface area contributed by atoms with E-state index in [-0.39, 0.29) is 12.3 Å². The third-order valence-corrected chi connectivity index (χ3v) is 6.59. The summed E-state index contributed by atoms with van der Waals surface area (Å²) in [6, 6.07) is 7.53. The number of pyridine rings is 1. The van der Waals surface area contributed by atoms with Gasteiger partial charge in [0.05, 0.1) is 12.8 Å². The predicted octanol–water partition coefficient (Wildman–Crippen LogP) is 5.32. The summed E-state index contributed by atoms with van der Waals surface area (Å²) < 4.78 is 17.0. The maximum absolute atomic E-state index is 12.3. The van der Waals surface area contributed by atoms with Crippen LogP contribution in [0.5, 0.6) is 11.5 Å². The van der Waals surface area contributed by atoms with Crippen molar-refractivity contribution >= 4 is 33.7 Å². The summed E-state index contributed by atoms with van der Waals surface area (Å²) >= 11 is 3.39. The highest BCUT2D eigenvalue weighted by Crippen LogP contribution is 2.39. The molecule has 0 saturated carbocycles. The van der Waals surface area contributed by atoms with Crippen molar-refractivity contribution in [1.29, 1.82) is 0 Å². The van der Waals surface area contributed by atoms with Crippen molar-refractivity contribution in [1.82, 2.24) is 10.3 Å². The number of anilines is 1. The molecule has 0 aliphatic carbocycles. The van der Waals surface area contributed by atoms with E-state index in [0.717, 1.165) is 11.3 Å². The fourth-order valence-corrected chi connectivity index (χ4v) is 4.71. The Morgan fingerprint density at radius 2 is 1.81 bits per heavy atom. The molecular formula is C26H34BrN3O6. The lowest BCUT2D eigenvalue weighted by Crippen LogP contribution is -2.54. The fourth-order valence-electron chi connectivity index (χ4n) is 4.12. The predicted molar refractivity (Wildman–Crippen MR) is 140 cm³/mol. The minimum Gasteiger partial charge on any atom is -0.497 e. The zero-order valence-corrected chi connectivity index (χ0v) is 23.2. The van der Waals surface area contributed by atoms with Crippen molar-refractivity contribution in [3.8, 4) is 11.5 Å². The molecule has 0 radical (unpaired) electrons. The standard InChI is InChI=1S/C26H34BrN3O6/c1-16-20(30-13-11-26(5,12-14-30)29-24(33)36-25(2,3)4)19(23(31)32)28-22(27)21(16)35-15-17-7-9-18(34-6)10-8-17/h7-10H,11-15H2,1-6H3,(H,29,33)(H,31,32). The van der Waals surface area contributed by atoms with Crippen LogP contribution in [0, 0.1) is 6.92 Å². The summed E-state index contributed by atoms with van der Waals surface area (Å²) in [5.41, 5.74) is 1.06. The third kappa shape index (κ3) is 6.81. The van der Waals surface area contributed by atoms with Crippen molar-refractivity contribution in [3.63, 3.8) is 0 Å². The van der Waals surface area contributed by atoms with Gasteiger partial charge in [0.2, 0.25) is 0 Å². The molecule has 1 aromatic carbocycles. The van der Waals surface area contributed by atoms with E-state index in [1.54, 1.807) is 7.11 Å². The maximum atomic E-state index is 12.3. The largest absolute Gasteiger partial charge is 0.497 e. The highest BCUT2D eigenvalue weighted by atomic mass is 79.9. The Labute approximate surface area is 220 Å². The van der Waals surface area contributed by atoms with Gasteiger partial charge >= 0.3 is 12.1 Å². The Hall–Kier alpha value is -3.01. The fraction of sp³-hybridized carbons (Fsp3) is 0.500. The van der Waals surface area contributed by atoms with E-state index in [2.05, 4.69) is 26.2 Å². The van der Waals surface area contributed by atoms with Crippen LogP contribution in [0.2, 0.25) is 0 Å². The number of hydrogen-bond donors (Lipinski definition) is 2. The first-order valence-corrected chi connectivity index (χ1v) is 12.6. The van der Waals surface area contributed by atoms with Crippen LogP contribution >= 0.6 is 15.9 Å². The Bertz CT molecular complexity index is 1110. The number of ether oxygens (including phenoxy) is 3. The van der Waals surface area contributed by atoms with E-state index in [9.17, 15) is 14.7 Å². The van der Waals surface area contributed by atoms with Crippen molar-refractivity contribution < 1.29 is 28.9 Å². The number of piperidine rings is 1. The van der Waals surface area contributed by atoms with Gasteiger partial charge in [0.1, 0.15) is 22.6 Å². The van der Waals surface area contributed by atoms with Gasteiger partial charge in [-0.05, 0) is 81.1 Å². The van der Waals surface area contributed by atoms with E-state index >= 15 is 0 Å². The summed E-state index contributed by atoms with van der Waals surface area (Å²) in [7, 11) is 1.61. The molecule has 2 heterocycles. The van der Waals surface area contributed by atoms with Gasteiger partial charge in [-0.15, -0.1) is 0 Å². The summed E-state index contributed by atoms with van der Waals surface area (Å²) in [6.07, 6.45) is 0.770. The number of rotatable bonds is 7. The second-order valence-corrected chi connectivity index (χ2v) is 10.9. The van der Waals surface area contributed by atoms with Gasteiger partial charge in [-0.1, -0.05) is 12.1 Å². The lowest BCUT2D eigenvalue weighted by Gasteiger charge is -2.41. The number of carbonyl (C=O) groups excluding carboxylic acids is 1. The number of halogens is 1. The molecule has 9 nitrogen and oxygen atoms in total. The van der Waals surface area contributed by atoms with Gasteiger partial charge < -0.3 is 29.5 Å². The molecule has 1 aliphatic heterocycles. The average molecular weight is 564 g/mol. The molecule has 1 aromatic heterocycles. The monoisotopic (exact) mass is 563 g/mol. The molecule has 3 rings (SSSR count). The van der Waals surface area contributed by atoms with Crippen molar-refractivity contribution in [3.05, 3.63) is 45.7 Å². The Morgan fingerprint density at radius 1 is 1.19 bits per heavy atom. The zero-order chi connectivity index (χ0) is 26.7. The molecule has 1 saturated heterocycles. The van der Waals surface area contributed by atoms with Crippen LogP contribution < -0.4 is 19.7 Å². The number of nitrogens with zero attached hydrogens (tertiary/aromatic N) is 2. The number of methoxy groups -OCH3 is 1. The summed E-state index contributed by atoms with van der Waals surface area (Å²) in [6.45, 7) is 10.6. The number of alkyl carbamates (subject to hydrolysis) is 1. The average Bonchev–Trinajstić information content (AvgIpc) is 2.78. The minimum absolute atomic E-state index is 0.0418. The number of hydrogen-bond acceptors (Lipinski definition) is 7. The summed E-state index contributed by atoms with van der Waals surface area (Å²) in [5.74, 6) is 0.130. The molecule has 196 valence electrons. The van der Waals surface area contributed by atoms with Gasteiger partial charge in [-0.2, -0.15) is 0 Å². The lowest BCUT2D eigenvalue weighted by molar-refractivity contribution is 0.0448.